The number of esters is 2. The zero-order valence-electron chi connectivity index (χ0n) is 27.2. The molecule has 3 saturated carbocycles. The van der Waals surface area contributed by atoms with Crippen molar-refractivity contribution in [2.24, 2.45) is 45.3 Å². The lowest BCUT2D eigenvalue weighted by molar-refractivity contribution is -0.186. The highest BCUT2D eigenvalue weighted by Gasteiger charge is 2.69. The molecule has 10 atom stereocenters. The molecule has 0 N–H and O–H groups in total. The molecule has 4 aliphatic carbocycles. The summed E-state index contributed by atoms with van der Waals surface area (Å²) in [4.78, 5) is 23.8. The summed E-state index contributed by atoms with van der Waals surface area (Å²) in [6, 6.07) is 0. The molecule has 0 aromatic carbocycles. The van der Waals surface area contributed by atoms with Gasteiger partial charge in [-0.1, -0.05) is 58.8 Å². The van der Waals surface area contributed by atoms with Crippen LogP contribution in [0.25, 0.3) is 0 Å². The van der Waals surface area contributed by atoms with Crippen molar-refractivity contribution in [2.45, 2.75) is 132 Å². The predicted octanol–water partition coefficient (Wildman–Crippen LogP) is 8.07. The van der Waals surface area contributed by atoms with Crippen LogP contribution in [0.2, 0.25) is 0 Å². The number of fused-ring (bicyclic) bond motifs is 5. The molecule has 4 rings (SSSR count). The van der Waals surface area contributed by atoms with Gasteiger partial charge in [-0.3, -0.25) is 9.59 Å². The Morgan fingerprint density at radius 3 is 2.20 bits per heavy atom. The average Bonchev–Trinajstić information content (AvgIpc) is 3.10. The van der Waals surface area contributed by atoms with Gasteiger partial charge in [-0.2, -0.15) is 0 Å². The molecule has 0 aromatic heterocycles. The monoisotopic (exact) mass is 556 g/mol. The number of carbonyl (C=O) groups excluding carboxylic acids is 2. The minimum absolute atomic E-state index is 0.0461. The molecule has 5 heteroatoms. The summed E-state index contributed by atoms with van der Waals surface area (Å²) >= 11 is 0. The van der Waals surface area contributed by atoms with Gasteiger partial charge in [0.2, 0.25) is 0 Å². The second kappa shape index (κ2) is 10.9. The van der Waals surface area contributed by atoms with Crippen LogP contribution in [0.4, 0.5) is 0 Å². The molecule has 0 saturated heterocycles. The van der Waals surface area contributed by atoms with E-state index in [4.69, 9.17) is 14.2 Å². The lowest BCUT2D eigenvalue weighted by Crippen LogP contribution is -2.63. The molecule has 0 radical (unpaired) electrons. The number of carbonyl (C=O) groups is 2. The molecule has 226 valence electrons. The van der Waals surface area contributed by atoms with Crippen LogP contribution in [-0.4, -0.2) is 37.4 Å². The van der Waals surface area contributed by atoms with E-state index in [1.165, 1.54) is 50.7 Å². The Labute approximate surface area is 243 Å². The summed E-state index contributed by atoms with van der Waals surface area (Å²) in [5.74, 6) is 1.54. The van der Waals surface area contributed by atoms with E-state index in [2.05, 4.69) is 67.5 Å². The number of methoxy groups -OCH3 is 1. The molecule has 4 aliphatic rings. The van der Waals surface area contributed by atoms with Gasteiger partial charge in [0.15, 0.2) is 0 Å². The zero-order chi connectivity index (χ0) is 29.8. The second-order valence-corrected chi connectivity index (χ2v) is 15.3. The molecule has 5 nitrogen and oxygen atoms in total. The molecule has 40 heavy (non-hydrogen) atoms. The number of allylic oxidation sites excluding steroid dienone is 1. The minimum Gasteiger partial charge on any atom is -0.462 e. The fourth-order valence-electron chi connectivity index (χ4n) is 10.6. The van der Waals surface area contributed by atoms with Gasteiger partial charge in [0.25, 0.3) is 0 Å². The van der Waals surface area contributed by atoms with Crippen LogP contribution in [0.1, 0.15) is 114 Å². The quantitative estimate of drug-likeness (QED) is 0.234. The summed E-state index contributed by atoms with van der Waals surface area (Å²) < 4.78 is 18.0. The third-order valence-electron chi connectivity index (χ3n) is 12.5. The Morgan fingerprint density at radius 1 is 0.950 bits per heavy atom. The van der Waals surface area contributed by atoms with Gasteiger partial charge in [0, 0.05) is 32.3 Å². The van der Waals surface area contributed by atoms with Crippen molar-refractivity contribution in [3.05, 3.63) is 23.3 Å². The fraction of sp³-hybridized carbons (Fsp3) is 0.829. The maximum atomic E-state index is 11.9. The number of ether oxygens (including phenoxy) is 3. The Morgan fingerprint density at radius 2 is 1.62 bits per heavy atom. The smallest absolute Gasteiger partial charge is 0.303 e. The summed E-state index contributed by atoms with van der Waals surface area (Å²) in [5, 5.41) is 0. The topological polar surface area (TPSA) is 61.8 Å². The molecule has 0 spiro atoms. The number of rotatable bonds is 7. The Bertz CT molecular complexity index is 1050. The van der Waals surface area contributed by atoms with E-state index in [0.29, 0.717) is 23.7 Å². The summed E-state index contributed by atoms with van der Waals surface area (Å²) in [7, 11) is 1.88. The van der Waals surface area contributed by atoms with Crippen molar-refractivity contribution in [1.82, 2.24) is 0 Å². The maximum Gasteiger partial charge on any atom is 0.303 e. The average molecular weight is 557 g/mol. The standard InChI is InChI=1S/C35H56O5/c1-21(2)18-25(39-23(4)36)19-22(3)26-14-15-35(10)31-29(38-11)20-28-27(33(31,8)16-17-34(26,35)9)12-13-30(32(28,6)7)40-24(5)37/h18,20,22,25-27,29-31H,12-17,19H2,1-11H3/t22-,25+,26-,27-,29+,30+,31-,33+,34-,35+/m1/s1. The first kappa shape index (κ1) is 31.3. The van der Waals surface area contributed by atoms with Gasteiger partial charge in [-0.25, -0.2) is 0 Å². The van der Waals surface area contributed by atoms with E-state index in [1.54, 1.807) is 0 Å². The summed E-state index contributed by atoms with van der Waals surface area (Å²) in [6.45, 7) is 21.8. The van der Waals surface area contributed by atoms with Crippen molar-refractivity contribution >= 4 is 11.9 Å². The first-order valence-electron chi connectivity index (χ1n) is 15.8. The van der Waals surface area contributed by atoms with E-state index in [9.17, 15) is 9.59 Å². The van der Waals surface area contributed by atoms with Crippen LogP contribution in [-0.2, 0) is 23.8 Å². The van der Waals surface area contributed by atoms with E-state index < -0.39 is 0 Å². The molecule has 0 aromatic rings. The highest BCUT2D eigenvalue weighted by atomic mass is 16.5. The van der Waals surface area contributed by atoms with E-state index >= 15 is 0 Å². The normalized spacial score (nSPS) is 41.4. The van der Waals surface area contributed by atoms with Crippen molar-refractivity contribution in [2.75, 3.05) is 7.11 Å². The maximum absolute atomic E-state index is 11.9. The van der Waals surface area contributed by atoms with Crippen molar-refractivity contribution in [3.63, 3.8) is 0 Å². The van der Waals surface area contributed by atoms with Crippen molar-refractivity contribution in [1.29, 1.82) is 0 Å². The molecule has 0 unspecified atom stereocenters. The van der Waals surface area contributed by atoms with Crippen LogP contribution in [0.15, 0.2) is 23.3 Å². The first-order valence-corrected chi connectivity index (χ1v) is 15.8. The molecule has 0 heterocycles. The van der Waals surface area contributed by atoms with E-state index in [0.717, 1.165) is 19.3 Å². The Kier molecular flexibility index (Phi) is 8.53. The molecule has 0 amide bonds. The van der Waals surface area contributed by atoms with Crippen molar-refractivity contribution < 1.29 is 23.8 Å². The lowest BCUT2D eigenvalue weighted by Gasteiger charge is -2.67. The lowest BCUT2D eigenvalue weighted by atomic mass is 9.38. The van der Waals surface area contributed by atoms with E-state index in [1.807, 2.05) is 7.11 Å². The molecule has 0 bridgehead atoms. The first-order chi connectivity index (χ1) is 18.5. The van der Waals surface area contributed by atoms with Gasteiger partial charge in [-0.15, -0.1) is 0 Å². The molecule has 0 aliphatic heterocycles. The molecular formula is C35H56O5. The SMILES string of the molecule is CO[C@H]1C=C2[C@@H](CC[C@H](OC(C)=O)C2(C)C)[C@]2(C)CC[C@]3(C)[C@@H]([C@H](C)C[C@H](C=C(C)C)OC(C)=O)CC[C@@]3(C)[C@H]12. The minimum atomic E-state index is -0.204. The molecule has 3 fully saturated rings. The fourth-order valence-corrected chi connectivity index (χ4v) is 10.6. The zero-order valence-corrected chi connectivity index (χ0v) is 27.2. The van der Waals surface area contributed by atoms with Crippen LogP contribution >= 0.6 is 0 Å². The number of hydrogen-bond acceptors (Lipinski definition) is 5. The van der Waals surface area contributed by atoms with Gasteiger partial charge >= 0.3 is 11.9 Å². The van der Waals surface area contributed by atoms with E-state index in [-0.39, 0.29) is 51.9 Å². The Balaban J connectivity index is 1.68. The van der Waals surface area contributed by atoms with Crippen LogP contribution in [0, 0.1) is 45.3 Å². The van der Waals surface area contributed by atoms with Crippen molar-refractivity contribution in [3.8, 4) is 0 Å². The third-order valence-corrected chi connectivity index (χ3v) is 12.5. The van der Waals surface area contributed by atoms with Gasteiger partial charge in [0.1, 0.15) is 12.2 Å². The highest BCUT2D eigenvalue weighted by molar-refractivity contribution is 5.66. The largest absolute Gasteiger partial charge is 0.462 e. The van der Waals surface area contributed by atoms with Crippen LogP contribution < -0.4 is 0 Å². The van der Waals surface area contributed by atoms with Gasteiger partial charge < -0.3 is 14.2 Å². The Hall–Kier alpha value is -1.62. The second-order valence-electron chi connectivity index (χ2n) is 15.3. The van der Waals surface area contributed by atoms with Crippen LogP contribution in [0.5, 0.6) is 0 Å². The highest BCUT2D eigenvalue weighted by Crippen LogP contribution is 2.75. The predicted molar refractivity (Wildman–Crippen MR) is 159 cm³/mol. The number of hydrogen-bond donors (Lipinski definition) is 0. The van der Waals surface area contributed by atoms with Gasteiger partial charge in [-0.05, 0) is 98.9 Å². The summed E-state index contributed by atoms with van der Waals surface area (Å²) in [6.07, 6.45) is 12.0. The third kappa shape index (κ3) is 5.01. The van der Waals surface area contributed by atoms with Gasteiger partial charge in [0.05, 0.1) is 6.10 Å². The summed E-state index contributed by atoms with van der Waals surface area (Å²) in [5.41, 5.74) is 2.90. The molecular weight excluding hydrogens is 500 g/mol. The van der Waals surface area contributed by atoms with Crippen LogP contribution in [0.3, 0.4) is 0 Å².